The molecule has 21 heavy (non-hydrogen) atoms. The van der Waals surface area contributed by atoms with Crippen molar-refractivity contribution in [1.29, 1.82) is 0 Å². The van der Waals surface area contributed by atoms with E-state index in [1.165, 1.54) is 0 Å². The Morgan fingerprint density at radius 3 is 2.71 bits per heavy atom. The molecule has 0 bridgehead atoms. The number of unbranched alkanes of at least 4 members (excludes halogenated alkanes) is 1. The standard InChI is InChI=1S/C16H27N3O.HI/c1-4-5-10-18-16(17)19-11-14-8-6-7-9-15(14)20-12-13(2)3;/h6-9,13H,4-5,10-12H2,1-3H3,(H3,17,18,19);1H. The van der Waals surface area contributed by atoms with Crippen LogP contribution in [0.2, 0.25) is 0 Å². The molecule has 0 unspecified atom stereocenters. The summed E-state index contributed by atoms with van der Waals surface area (Å²) in [4.78, 5) is 4.36. The fraction of sp³-hybridized carbons (Fsp3) is 0.562. The molecule has 0 atom stereocenters. The third-order valence-corrected chi connectivity index (χ3v) is 2.80. The van der Waals surface area contributed by atoms with E-state index in [1.54, 1.807) is 0 Å². The van der Waals surface area contributed by atoms with Gasteiger partial charge in [-0.3, -0.25) is 0 Å². The van der Waals surface area contributed by atoms with E-state index in [9.17, 15) is 0 Å². The fourth-order valence-electron chi connectivity index (χ4n) is 1.65. The third kappa shape index (κ3) is 8.80. The first-order valence-electron chi connectivity index (χ1n) is 7.38. The predicted molar refractivity (Wildman–Crippen MR) is 100 cm³/mol. The first-order valence-corrected chi connectivity index (χ1v) is 7.38. The molecule has 120 valence electrons. The van der Waals surface area contributed by atoms with Gasteiger partial charge in [-0.05, 0) is 18.4 Å². The van der Waals surface area contributed by atoms with E-state index in [2.05, 4.69) is 31.1 Å². The number of benzene rings is 1. The number of hydrogen-bond acceptors (Lipinski definition) is 2. The molecule has 0 aliphatic rings. The highest BCUT2D eigenvalue weighted by Crippen LogP contribution is 2.19. The van der Waals surface area contributed by atoms with Crippen molar-refractivity contribution in [1.82, 2.24) is 5.32 Å². The first kappa shape index (κ1) is 20.0. The summed E-state index contributed by atoms with van der Waals surface area (Å²) >= 11 is 0. The lowest BCUT2D eigenvalue weighted by Crippen LogP contribution is -2.32. The van der Waals surface area contributed by atoms with Gasteiger partial charge in [-0.15, -0.1) is 24.0 Å². The van der Waals surface area contributed by atoms with E-state index in [4.69, 9.17) is 10.5 Å². The molecule has 0 aliphatic carbocycles. The van der Waals surface area contributed by atoms with Crippen molar-refractivity contribution >= 4 is 29.9 Å². The van der Waals surface area contributed by atoms with Gasteiger partial charge in [0.1, 0.15) is 5.75 Å². The summed E-state index contributed by atoms with van der Waals surface area (Å²) in [7, 11) is 0. The Balaban J connectivity index is 0.00000400. The maximum Gasteiger partial charge on any atom is 0.188 e. The Hall–Kier alpha value is -0.980. The van der Waals surface area contributed by atoms with E-state index in [0.29, 0.717) is 25.0 Å². The molecule has 3 N–H and O–H groups in total. The molecule has 0 spiro atoms. The zero-order valence-electron chi connectivity index (χ0n) is 13.3. The lowest BCUT2D eigenvalue weighted by molar-refractivity contribution is 0.268. The molecule has 0 heterocycles. The Morgan fingerprint density at radius 1 is 1.33 bits per heavy atom. The molecule has 0 aromatic heterocycles. The normalized spacial score (nSPS) is 11.1. The van der Waals surface area contributed by atoms with Gasteiger partial charge in [0.15, 0.2) is 5.96 Å². The highest BCUT2D eigenvalue weighted by atomic mass is 127. The summed E-state index contributed by atoms with van der Waals surface area (Å²) in [5.41, 5.74) is 6.90. The largest absolute Gasteiger partial charge is 0.493 e. The highest BCUT2D eigenvalue weighted by Gasteiger charge is 2.03. The zero-order chi connectivity index (χ0) is 14.8. The molecule has 0 saturated heterocycles. The molecule has 1 aromatic carbocycles. The molecule has 0 radical (unpaired) electrons. The van der Waals surface area contributed by atoms with E-state index >= 15 is 0 Å². The Bertz CT molecular complexity index is 422. The molecule has 0 amide bonds. The number of nitrogens with one attached hydrogen (secondary N) is 1. The zero-order valence-corrected chi connectivity index (χ0v) is 15.6. The monoisotopic (exact) mass is 405 g/mol. The van der Waals surface area contributed by atoms with Crippen LogP contribution in [0.15, 0.2) is 29.3 Å². The minimum atomic E-state index is 0. The van der Waals surface area contributed by atoms with E-state index in [0.717, 1.165) is 30.7 Å². The number of aliphatic imine (C=N–C) groups is 1. The van der Waals surface area contributed by atoms with Gasteiger partial charge in [-0.25, -0.2) is 4.99 Å². The van der Waals surface area contributed by atoms with Crippen LogP contribution in [-0.4, -0.2) is 19.1 Å². The van der Waals surface area contributed by atoms with Crippen LogP contribution in [0.1, 0.15) is 39.2 Å². The van der Waals surface area contributed by atoms with Crippen molar-refractivity contribution in [3.63, 3.8) is 0 Å². The lowest BCUT2D eigenvalue weighted by Gasteiger charge is -2.12. The smallest absolute Gasteiger partial charge is 0.188 e. The van der Waals surface area contributed by atoms with Crippen LogP contribution in [0.3, 0.4) is 0 Å². The predicted octanol–water partition coefficient (Wildman–Crippen LogP) is 3.54. The summed E-state index contributed by atoms with van der Waals surface area (Å²) in [6.07, 6.45) is 2.25. The topological polar surface area (TPSA) is 59.6 Å². The molecule has 1 rings (SSSR count). The Morgan fingerprint density at radius 2 is 2.05 bits per heavy atom. The number of guanidine groups is 1. The molecular formula is C16H28IN3O. The summed E-state index contributed by atoms with van der Waals surface area (Å²) in [6, 6.07) is 7.98. The number of rotatable bonds is 8. The average Bonchev–Trinajstić information content (AvgIpc) is 2.44. The molecule has 0 aliphatic heterocycles. The van der Waals surface area contributed by atoms with Gasteiger partial charge in [0.25, 0.3) is 0 Å². The summed E-state index contributed by atoms with van der Waals surface area (Å²) in [6.45, 7) is 8.55. The fourth-order valence-corrected chi connectivity index (χ4v) is 1.65. The van der Waals surface area contributed by atoms with Crippen molar-refractivity contribution < 1.29 is 4.74 Å². The van der Waals surface area contributed by atoms with Gasteiger partial charge in [0, 0.05) is 12.1 Å². The maximum absolute atomic E-state index is 5.83. The maximum atomic E-state index is 5.83. The number of nitrogens with two attached hydrogens (primary N) is 1. The minimum absolute atomic E-state index is 0. The molecular weight excluding hydrogens is 377 g/mol. The summed E-state index contributed by atoms with van der Waals surface area (Å²) in [5, 5.41) is 3.11. The van der Waals surface area contributed by atoms with E-state index in [1.807, 2.05) is 24.3 Å². The van der Waals surface area contributed by atoms with Crippen LogP contribution < -0.4 is 15.8 Å². The van der Waals surface area contributed by atoms with E-state index < -0.39 is 0 Å². The van der Waals surface area contributed by atoms with Crippen LogP contribution >= 0.6 is 24.0 Å². The molecule has 4 nitrogen and oxygen atoms in total. The second-order valence-corrected chi connectivity index (χ2v) is 5.29. The van der Waals surface area contributed by atoms with Gasteiger partial charge in [0.05, 0.1) is 13.2 Å². The van der Waals surface area contributed by atoms with Crippen molar-refractivity contribution in [2.75, 3.05) is 13.2 Å². The quantitative estimate of drug-likeness (QED) is 0.301. The number of para-hydroxylation sites is 1. The third-order valence-electron chi connectivity index (χ3n) is 2.80. The van der Waals surface area contributed by atoms with Crippen LogP contribution in [0.5, 0.6) is 5.75 Å². The Labute approximate surface area is 145 Å². The van der Waals surface area contributed by atoms with Crippen LogP contribution in [0.25, 0.3) is 0 Å². The van der Waals surface area contributed by atoms with Crippen molar-refractivity contribution in [3.8, 4) is 5.75 Å². The van der Waals surface area contributed by atoms with Gasteiger partial charge in [-0.2, -0.15) is 0 Å². The van der Waals surface area contributed by atoms with Crippen molar-refractivity contribution in [2.24, 2.45) is 16.6 Å². The molecule has 0 fully saturated rings. The van der Waals surface area contributed by atoms with Gasteiger partial charge < -0.3 is 15.8 Å². The van der Waals surface area contributed by atoms with Crippen LogP contribution in [0, 0.1) is 5.92 Å². The minimum Gasteiger partial charge on any atom is -0.493 e. The highest BCUT2D eigenvalue weighted by molar-refractivity contribution is 14.0. The lowest BCUT2D eigenvalue weighted by atomic mass is 10.2. The average molecular weight is 405 g/mol. The number of hydrogen-bond donors (Lipinski definition) is 2. The number of nitrogens with zero attached hydrogens (tertiary/aromatic N) is 1. The second-order valence-electron chi connectivity index (χ2n) is 5.29. The first-order chi connectivity index (χ1) is 9.63. The van der Waals surface area contributed by atoms with Crippen LogP contribution in [-0.2, 0) is 6.54 Å². The van der Waals surface area contributed by atoms with E-state index in [-0.39, 0.29) is 24.0 Å². The van der Waals surface area contributed by atoms with Gasteiger partial charge in [-0.1, -0.05) is 45.4 Å². The molecule has 1 aromatic rings. The number of ether oxygens (including phenoxy) is 1. The molecule has 5 heteroatoms. The SMILES string of the molecule is CCCCNC(N)=NCc1ccccc1OCC(C)C.I. The molecule has 0 saturated carbocycles. The van der Waals surface area contributed by atoms with Crippen molar-refractivity contribution in [2.45, 2.75) is 40.2 Å². The van der Waals surface area contributed by atoms with Gasteiger partial charge in [0.2, 0.25) is 0 Å². The van der Waals surface area contributed by atoms with Gasteiger partial charge >= 0.3 is 0 Å². The number of halogens is 1. The Kier molecular flexibility index (Phi) is 11.1. The van der Waals surface area contributed by atoms with Crippen molar-refractivity contribution in [3.05, 3.63) is 29.8 Å². The summed E-state index contributed by atoms with van der Waals surface area (Å²) < 4.78 is 5.80. The van der Waals surface area contributed by atoms with Crippen LogP contribution in [0.4, 0.5) is 0 Å². The summed E-state index contributed by atoms with van der Waals surface area (Å²) in [5.74, 6) is 1.90. The second kappa shape index (κ2) is 11.7.